The fraction of sp³-hybridized carbons (Fsp3) is 0.600. The van der Waals surface area contributed by atoms with E-state index < -0.39 is 0 Å². The zero-order valence-electron chi connectivity index (χ0n) is 11.4. The Morgan fingerprint density at radius 2 is 1.78 bits per heavy atom. The third-order valence-electron chi connectivity index (χ3n) is 3.88. The fourth-order valence-electron chi connectivity index (χ4n) is 2.54. The molecule has 100 valence electrons. The SMILES string of the molecule is CC(NCC(C)N1CCCC1)c1ccc(O)cc1. The maximum Gasteiger partial charge on any atom is 0.115 e. The molecule has 0 saturated carbocycles. The molecule has 2 N–H and O–H groups in total. The standard InChI is InChI=1S/C15H24N2O/c1-12(17-9-3-4-10-17)11-16-13(2)14-5-7-15(18)8-6-14/h5-8,12-13,16,18H,3-4,9-11H2,1-2H3. The Labute approximate surface area is 110 Å². The lowest BCUT2D eigenvalue weighted by molar-refractivity contribution is 0.247. The number of aromatic hydroxyl groups is 1. The highest BCUT2D eigenvalue weighted by Gasteiger charge is 2.18. The Morgan fingerprint density at radius 3 is 2.39 bits per heavy atom. The van der Waals surface area contributed by atoms with Gasteiger partial charge in [0.25, 0.3) is 0 Å². The molecule has 0 aliphatic carbocycles. The van der Waals surface area contributed by atoms with E-state index in [1.807, 2.05) is 12.1 Å². The molecule has 1 fully saturated rings. The molecule has 0 aromatic heterocycles. The van der Waals surface area contributed by atoms with E-state index in [-0.39, 0.29) is 0 Å². The van der Waals surface area contributed by atoms with E-state index in [1.54, 1.807) is 12.1 Å². The minimum absolute atomic E-state index is 0.329. The number of benzene rings is 1. The quantitative estimate of drug-likeness (QED) is 0.840. The topological polar surface area (TPSA) is 35.5 Å². The average molecular weight is 248 g/mol. The van der Waals surface area contributed by atoms with E-state index in [0.717, 1.165) is 6.54 Å². The molecule has 2 rings (SSSR count). The van der Waals surface area contributed by atoms with E-state index >= 15 is 0 Å². The Hall–Kier alpha value is -1.06. The van der Waals surface area contributed by atoms with E-state index in [4.69, 9.17) is 0 Å². The highest BCUT2D eigenvalue weighted by molar-refractivity contribution is 5.27. The van der Waals surface area contributed by atoms with Crippen molar-refractivity contribution in [3.05, 3.63) is 29.8 Å². The van der Waals surface area contributed by atoms with Gasteiger partial charge in [0.15, 0.2) is 0 Å². The van der Waals surface area contributed by atoms with Crippen LogP contribution in [0.2, 0.25) is 0 Å². The fourth-order valence-corrected chi connectivity index (χ4v) is 2.54. The molecule has 3 heteroatoms. The molecule has 0 amide bonds. The lowest BCUT2D eigenvalue weighted by Crippen LogP contribution is -2.39. The summed E-state index contributed by atoms with van der Waals surface area (Å²) in [6.07, 6.45) is 2.69. The van der Waals surface area contributed by atoms with Crippen LogP contribution in [-0.2, 0) is 0 Å². The van der Waals surface area contributed by atoms with Gasteiger partial charge in [0, 0.05) is 18.6 Å². The summed E-state index contributed by atoms with van der Waals surface area (Å²) >= 11 is 0. The molecule has 1 aliphatic heterocycles. The summed E-state index contributed by atoms with van der Waals surface area (Å²) in [6, 6.07) is 8.39. The summed E-state index contributed by atoms with van der Waals surface area (Å²) in [5.74, 6) is 0.330. The predicted molar refractivity (Wildman–Crippen MR) is 74.8 cm³/mol. The second-order valence-electron chi connectivity index (χ2n) is 5.31. The van der Waals surface area contributed by atoms with Crippen molar-refractivity contribution in [2.75, 3.05) is 19.6 Å². The van der Waals surface area contributed by atoms with Crippen molar-refractivity contribution in [2.24, 2.45) is 0 Å². The van der Waals surface area contributed by atoms with Gasteiger partial charge in [0.05, 0.1) is 0 Å². The first-order valence-electron chi connectivity index (χ1n) is 6.93. The molecule has 18 heavy (non-hydrogen) atoms. The number of phenolic OH excluding ortho intramolecular Hbond substituents is 1. The molecular formula is C15H24N2O. The van der Waals surface area contributed by atoms with Gasteiger partial charge >= 0.3 is 0 Å². The van der Waals surface area contributed by atoms with Crippen LogP contribution >= 0.6 is 0 Å². The Morgan fingerprint density at radius 1 is 1.17 bits per heavy atom. The summed E-state index contributed by atoms with van der Waals surface area (Å²) in [5.41, 5.74) is 1.22. The van der Waals surface area contributed by atoms with E-state index in [9.17, 15) is 5.11 Å². The molecule has 1 aliphatic rings. The van der Waals surface area contributed by atoms with Crippen molar-refractivity contribution in [3.63, 3.8) is 0 Å². The lowest BCUT2D eigenvalue weighted by atomic mass is 10.1. The maximum atomic E-state index is 9.27. The number of rotatable bonds is 5. The van der Waals surface area contributed by atoms with Gasteiger partial charge in [-0.3, -0.25) is 4.90 Å². The van der Waals surface area contributed by atoms with Crippen LogP contribution in [0.1, 0.15) is 38.3 Å². The molecule has 3 nitrogen and oxygen atoms in total. The first-order valence-corrected chi connectivity index (χ1v) is 6.93. The van der Waals surface area contributed by atoms with Gasteiger partial charge in [-0.1, -0.05) is 12.1 Å². The minimum atomic E-state index is 0.329. The van der Waals surface area contributed by atoms with Crippen molar-refractivity contribution >= 4 is 0 Å². The normalized spacial score (nSPS) is 19.9. The molecule has 1 aromatic rings. The first kappa shape index (κ1) is 13.4. The molecule has 2 atom stereocenters. The number of likely N-dealkylation sites (tertiary alicyclic amines) is 1. The van der Waals surface area contributed by atoms with Gasteiger partial charge in [-0.05, 0) is 57.5 Å². The van der Waals surface area contributed by atoms with Crippen molar-refractivity contribution in [1.29, 1.82) is 0 Å². The van der Waals surface area contributed by atoms with Gasteiger partial charge in [-0.2, -0.15) is 0 Å². The van der Waals surface area contributed by atoms with Gasteiger partial charge in [0.2, 0.25) is 0 Å². The van der Waals surface area contributed by atoms with Crippen LogP contribution in [0.3, 0.4) is 0 Å². The zero-order chi connectivity index (χ0) is 13.0. The lowest BCUT2D eigenvalue weighted by Gasteiger charge is -2.26. The third-order valence-corrected chi connectivity index (χ3v) is 3.88. The summed E-state index contributed by atoms with van der Waals surface area (Å²) < 4.78 is 0. The van der Waals surface area contributed by atoms with Crippen LogP contribution in [0.5, 0.6) is 5.75 Å². The Kier molecular flexibility index (Phi) is 4.61. The van der Waals surface area contributed by atoms with Gasteiger partial charge in [-0.15, -0.1) is 0 Å². The number of hydrogen-bond donors (Lipinski definition) is 2. The van der Waals surface area contributed by atoms with Crippen LogP contribution in [0.15, 0.2) is 24.3 Å². The van der Waals surface area contributed by atoms with Crippen LogP contribution in [-0.4, -0.2) is 35.7 Å². The monoisotopic (exact) mass is 248 g/mol. The second-order valence-corrected chi connectivity index (χ2v) is 5.31. The van der Waals surface area contributed by atoms with E-state index in [1.165, 1.54) is 31.5 Å². The molecule has 1 aromatic carbocycles. The van der Waals surface area contributed by atoms with Crippen molar-refractivity contribution in [2.45, 2.75) is 38.8 Å². The van der Waals surface area contributed by atoms with Crippen LogP contribution < -0.4 is 5.32 Å². The van der Waals surface area contributed by atoms with Crippen molar-refractivity contribution in [1.82, 2.24) is 10.2 Å². The van der Waals surface area contributed by atoms with Gasteiger partial charge < -0.3 is 10.4 Å². The third kappa shape index (κ3) is 3.47. The zero-order valence-corrected chi connectivity index (χ0v) is 11.4. The summed E-state index contributed by atoms with van der Waals surface area (Å²) in [7, 11) is 0. The van der Waals surface area contributed by atoms with Crippen LogP contribution in [0.25, 0.3) is 0 Å². The summed E-state index contributed by atoms with van der Waals surface area (Å²) in [6.45, 7) is 7.97. The molecule has 0 bridgehead atoms. The highest BCUT2D eigenvalue weighted by atomic mass is 16.3. The minimum Gasteiger partial charge on any atom is -0.508 e. The molecule has 1 heterocycles. The molecule has 0 spiro atoms. The maximum absolute atomic E-state index is 9.27. The average Bonchev–Trinajstić information content (AvgIpc) is 2.90. The number of nitrogens with zero attached hydrogens (tertiary/aromatic N) is 1. The Bertz CT molecular complexity index is 357. The smallest absolute Gasteiger partial charge is 0.115 e. The predicted octanol–water partition coefficient (Wildman–Crippen LogP) is 2.53. The molecular weight excluding hydrogens is 224 g/mol. The molecule has 2 unspecified atom stereocenters. The van der Waals surface area contributed by atoms with Gasteiger partial charge in [0.1, 0.15) is 5.75 Å². The van der Waals surface area contributed by atoms with Crippen LogP contribution in [0.4, 0.5) is 0 Å². The highest BCUT2D eigenvalue weighted by Crippen LogP contribution is 2.17. The number of phenols is 1. The summed E-state index contributed by atoms with van der Waals surface area (Å²) in [5, 5.41) is 12.8. The van der Waals surface area contributed by atoms with Crippen LogP contribution in [0, 0.1) is 0 Å². The summed E-state index contributed by atoms with van der Waals surface area (Å²) in [4.78, 5) is 2.55. The van der Waals surface area contributed by atoms with Crippen molar-refractivity contribution in [3.8, 4) is 5.75 Å². The van der Waals surface area contributed by atoms with Gasteiger partial charge in [-0.25, -0.2) is 0 Å². The van der Waals surface area contributed by atoms with Crippen molar-refractivity contribution < 1.29 is 5.11 Å². The van der Waals surface area contributed by atoms with E-state index in [0.29, 0.717) is 17.8 Å². The number of nitrogens with one attached hydrogen (secondary N) is 1. The first-order chi connectivity index (χ1) is 8.66. The number of hydrogen-bond acceptors (Lipinski definition) is 3. The largest absolute Gasteiger partial charge is 0.508 e. The Balaban J connectivity index is 1.80. The molecule has 1 saturated heterocycles. The van der Waals surface area contributed by atoms with E-state index in [2.05, 4.69) is 24.1 Å². The molecule has 0 radical (unpaired) electrons. The second kappa shape index (κ2) is 6.21.